The molecule has 0 saturated heterocycles. The minimum atomic E-state index is 0.115. The molecule has 0 aliphatic heterocycles. The predicted octanol–water partition coefficient (Wildman–Crippen LogP) is 4.37. The summed E-state index contributed by atoms with van der Waals surface area (Å²) < 4.78 is 3.06. The first kappa shape index (κ1) is 23.4. The molecule has 0 aliphatic rings. The molecule has 1 aromatic rings. The standard InChI is InChI=1S/C20H37IN4O/c1-5-7-9-12-24(13-10-8-6-2)16-17(3)23-20(26)11-14-25-18(4)19(21)15-22-25/h15,17H,5-14,16H2,1-4H3,(H,23,26). The lowest BCUT2D eigenvalue weighted by Gasteiger charge is -2.26. The molecule has 5 nitrogen and oxygen atoms in total. The van der Waals surface area contributed by atoms with Crippen LogP contribution in [0.25, 0.3) is 0 Å². The second kappa shape index (κ2) is 13.5. The fraction of sp³-hybridized carbons (Fsp3) is 0.800. The van der Waals surface area contributed by atoms with Gasteiger partial charge in [-0.3, -0.25) is 9.48 Å². The van der Waals surface area contributed by atoms with Crippen LogP contribution in [0.3, 0.4) is 0 Å². The zero-order valence-corrected chi connectivity index (χ0v) is 19.2. The third-order valence-electron chi connectivity index (χ3n) is 4.69. The highest BCUT2D eigenvalue weighted by atomic mass is 127. The van der Waals surface area contributed by atoms with Crippen LogP contribution < -0.4 is 5.32 Å². The van der Waals surface area contributed by atoms with Gasteiger partial charge in [-0.15, -0.1) is 0 Å². The van der Waals surface area contributed by atoms with E-state index in [0.29, 0.717) is 13.0 Å². The zero-order valence-electron chi connectivity index (χ0n) is 17.1. The highest BCUT2D eigenvalue weighted by Gasteiger charge is 2.13. The van der Waals surface area contributed by atoms with Crippen LogP contribution in [-0.2, 0) is 11.3 Å². The van der Waals surface area contributed by atoms with E-state index >= 15 is 0 Å². The van der Waals surface area contributed by atoms with Crippen LogP contribution in [0.4, 0.5) is 0 Å². The van der Waals surface area contributed by atoms with Crippen LogP contribution in [0, 0.1) is 10.5 Å². The lowest BCUT2D eigenvalue weighted by molar-refractivity contribution is -0.122. The van der Waals surface area contributed by atoms with Crippen molar-refractivity contribution in [3.63, 3.8) is 0 Å². The Balaban J connectivity index is 2.37. The summed E-state index contributed by atoms with van der Waals surface area (Å²) in [6.45, 7) is 12.5. The van der Waals surface area contributed by atoms with Gasteiger partial charge < -0.3 is 10.2 Å². The number of hydrogen-bond donors (Lipinski definition) is 1. The molecule has 0 aliphatic carbocycles. The van der Waals surface area contributed by atoms with Gasteiger partial charge in [0.2, 0.25) is 5.91 Å². The van der Waals surface area contributed by atoms with E-state index in [-0.39, 0.29) is 11.9 Å². The van der Waals surface area contributed by atoms with E-state index in [9.17, 15) is 4.79 Å². The van der Waals surface area contributed by atoms with Crippen LogP contribution >= 0.6 is 22.6 Å². The Kier molecular flexibility index (Phi) is 12.2. The van der Waals surface area contributed by atoms with Crippen molar-refractivity contribution in [3.8, 4) is 0 Å². The molecule has 1 unspecified atom stereocenters. The summed E-state index contributed by atoms with van der Waals surface area (Å²) in [4.78, 5) is 14.8. The van der Waals surface area contributed by atoms with Crippen LogP contribution in [0.1, 0.15) is 71.4 Å². The minimum Gasteiger partial charge on any atom is -0.352 e. The van der Waals surface area contributed by atoms with Gasteiger partial charge in [-0.25, -0.2) is 0 Å². The van der Waals surface area contributed by atoms with Crippen molar-refractivity contribution in [1.82, 2.24) is 20.0 Å². The summed E-state index contributed by atoms with van der Waals surface area (Å²) in [5, 5.41) is 7.48. The molecule has 150 valence electrons. The van der Waals surface area contributed by atoms with E-state index in [1.54, 1.807) is 0 Å². The van der Waals surface area contributed by atoms with Gasteiger partial charge in [-0.2, -0.15) is 5.10 Å². The summed E-state index contributed by atoms with van der Waals surface area (Å²) in [7, 11) is 0. The molecule has 1 atom stereocenters. The van der Waals surface area contributed by atoms with E-state index < -0.39 is 0 Å². The van der Waals surface area contributed by atoms with Crippen LogP contribution in [0.15, 0.2) is 6.20 Å². The molecular weight excluding hydrogens is 439 g/mol. The molecule has 1 aromatic heterocycles. The quantitative estimate of drug-likeness (QED) is 0.321. The molecule has 0 saturated carbocycles. The van der Waals surface area contributed by atoms with E-state index in [1.165, 1.54) is 38.5 Å². The number of hydrogen-bond acceptors (Lipinski definition) is 3. The molecule has 1 rings (SSSR count). The number of carbonyl (C=O) groups excluding carboxylic acids is 1. The summed E-state index contributed by atoms with van der Waals surface area (Å²) in [5.41, 5.74) is 1.13. The average Bonchev–Trinajstić information content (AvgIpc) is 2.92. The highest BCUT2D eigenvalue weighted by molar-refractivity contribution is 14.1. The van der Waals surface area contributed by atoms with Gasteiger partial charge in [-0.1, -0.05) is 39.5 Å². The number of amides is 1. The second-order valence-electron chi connectivity index (χ2n) is 7.23. The molecule has 0 fully saturated rings. The number of aromatic nitrogens is 2. The SMILES string of the molecule is CCCCCN(CCCCC)CC(C)NC(=O)CCn1ncc(I)c1C. The van der Waals surface area contributed by atoms with Crippen molar-refractivity contribution in [3.05, 3.63) is 15.5 Å². The number of rotatable bonds is 14. The van der Waals surface area contributed by atoms with E-state index in [4.69, 9.17) is 0 Å². The molecule has 0 bridgehead atoms. The van der Waals surface area contributed by atoms with Gasteiger partial charge in [0.25, 0.3) is 0 Å². The first-order valence-corrected chi connectivity index (χ1v) is 11.2. The molecular formula is C20H37IN4O. The van der Waals surface area contributed by atoms with Gasteiger partial charge in [0, 0.05) is 31.2 Å². The smallest absolute Gasteiger partial charge is 0.222 e. The Morgan fingerprint density at radius 2 is 1.85 bits per heavy atom. The zero-order chi connectivity index (χ0) is 19.4. The van der Waals surface area contributed by atoms with Crippen molar-refractivity contribution in [2.75, 3.05) is 19.6 Å². The maximum absolute atomic E-state index is 12.3. The number of carbonyl (C=O) groups is 1. The normalized spacial score (nSPS) is 12.5. The van der Waals surface area contributed by atoms with Crippen LogP contribution in [0.5, 0.6) is 0 Å². The largest absolute Gasteiger partial charge is 0.352 e. The van der Waals surface area contributed by atoms with Crippen LogP contribution in [-0.4, -0.2) is 46.3 Å². The van der Waals surface area contributed by atoms with Crippen molar-refractivity contribution in [2.45, 2.75) is 85.2 Å². The summed E-state index contributed by atoms with van der Waals surface area (Å²) in [6, 6.07) is 0.185. The first-order valence-electron chi connectivity index (χ1n) is 10.2. The molecule has 1 heterocycles. The Morgan fingerprint density at radius 1 is 1.23 bits per heavy atom. The van der Waals surface area contributed by atoms with Gasteiger partial charge in [0.15, 0.2) is 0 Å². The van der Waals surface area contributed by atoms with E-state index in [0.717, 1.165) is 28.9 Å². The Bertz CT molecular complexity index is 508. The Morgan fingerprint density at radius 3 is 2.35 bits per heavy atom. The Labute approximate surface area is 173 Å². The van der Waals surface area contributed by atoms with Gasteiger partial charge in [0.05, 0.1) is 9.77 Å². The fourth-order valence-electron chi connectivity index (χ4n) is 3.10. The van der Waals surface area contributed by atoms with Crippen molar-refractivity contribution in [2.24, 2.45) is 0 Å². The maximum atomic E-state index is 12.3. The predicted molar refractivity (Wildman–Crippen MR) is 117 cm³/mol. The number of halogens is 1. The molecule has 0 spiro atoms. The monoisotopic (exact) mass is 476 g/mol. The molecule has 6 heteroatoms. The third-order valence-corrected chi connectivity index (χ3v) is 5.75. The van der Waals surface area contributed by atoms with E-state index in [2.05, 4.69) is 58.7 Å². The minimum absolute atomic E-state index is 0.115. The number of unbranched alkanes of at least 4 members (excludes halogenated alkanes) is 4. The first-order chi connectivity index (χ1) is 12.5. The van der Waals surface area contributed by atoms with Crippen LogP contribution in [0.2, 0.25) is 0 Å². The number of nitrogens with zero attached hydrogens (tertiary/aromatic N) is 3. The maximum Gasteiger partial charge on any atom is 0.222 e. The van der Waals surface area contributed by atoms with Crippen molar-refractivity contribution < 1.29 is 4.79 Å². The van der Waals surface area contributed by atoms with Crippen molar-refractivity contribution in [1.29, 1.82) is 0 Å². The number of aryl methyl sites for hydroxylation is 1. The van der Waals surface area contributed by atoms with Gasteiger partial charge >= 0.3 is 0 Å². The lowest BCUT2D eigenvalue weighted by atomic mass is 10.2. The molecule has 0 radical (unpaired) electrons. The third kappa shape index (κ3) is 9.35. The second-order valence-corrected chi connectivity index (χ2v) is 8.40. The summed E-state index contributed by atoms with van der Waals surface area (Å²) in [6.07, 6.45) is 9.90. The molecule has 1 amide bonds. The fourth-order valence-corrected chi connectivity index (χ4v) is 3.50. The number of nitrogens with one attached hydrogen (secondary N) is 1. The molecule has 26 heavy (non-hydrogen) atoms. The highest BCUT2D eigenvalue weighted by Crippen LogP contribution is 2.10. The average molecular weight is 476 g/mol. The van der Waals surface area contributed by atoms with Gasteiger partial charge in [-0.05, 0) is 62.4 Å². The summed E-state index contributed by atoms with van der Waals surface area (Å²) in [5.74, 6) is 0.115. The lowest BCUT2D eigenvalue weighted by Crippen LogP contribution is -2.43. The Hall–Kier alpha value is -0.630. The molecule has 1 N–H and O–H groups in total. The summed E-state index contributed by atoms with van der Waals surface area (Å²) >= 11 is 2.27. The molecule has 0 aromatic carbocycles. The topological polar surface area (TPSA) is 50.2 Å². The van der Waals surface area contributed by atoms with E-state index in [1.807, 2.05) is 17.8 Å². The van der Waals surface area contributed by atoms with Gasteiger partial charge in [0.1, 0.15) is 0 Å². The van der Waals surface area contributed by atoms with Crippen molar-refractivity contribution >= 4 is 28.5 Å².